The van der Waals surface area contributed by atoms with Crippen LogP contribution in [0.1, 0.15) is 58.9 Å². The Labute approximate surface area is 297 Å². The number of nitrogens with zero attached hydrogens (tertiary/aromatic N) is 2. The van der Waals surface area contributed by atoms with E-state index in [9.17, 15) is 34.2 Å². The van der Waals surface area contributed by atoms with Gasteiger partial charge in [0.25, 0.3) is 0 Å². The Hall–Kier alpha value is -4.32. The number of aromatic nitrogens is 1. The van der Waals surface area contributed by atoms with E-state index in [1.54, 1.807) is 26.8 Å². The predicted octanol–water partition coefficient (Wildman–Crippen LogP) is 2.95. The number of ether oxygens (including phenoxy) is 1. The van der Waals surface area contributed by atoms with Gasteiger partial charge < -0.3 is 36.2 Å². The highest BCUT2D eigenvalue weighted by Gasteiger charge is 2.28. The average molecular weight is 730 g/mol. The number of aliphatic imine (C=N–C) groups is 1. The normalized spacial score (nSPS) is 16.3. The number of carbonyl (C=O) groups excluding carboxylic acids is 4. The van der Waals surface area contributed by atoms with Gasteiger partial charge in [-0.05, 0) is 70.5 Å². The molecule has 1 aliphatic heterocycles. The van der Waals surface area contributed by atoms with E-state index in [0.29, 0.717) is 40.9 Å². The Morgan fingerprint density at radius 1 is 1.06 bits per heavy atom. The fraction of sp³-hybridized carbons (Fsp3) is 0.485. The molecule has 4 atom stereocenters. The molecule has 0 saturated carbocycles. The van der Waals surface area contributed by atoms with Gasteiger partial charge in [0.15, 0.2) is 6.04 Å². The Morgan fingerprint density at radius 2 is 1.82 bits per heavy atom. The van der Waals surface area contributed by atoms with Gasteiger partial charge in [0, 0.05) is 30.3 Å². The maximum absolute atomic E-state index is 13.5. The van der Waals surface area contributed by atoms with Crippen molar-refractivity contribution in [1.29, 1.82) is 0 Å². The minimum atomic E-state index is -1.27. The maximum Gasteiger partial charge on any atom is 0.407 e. The van der Waals surface area contributed by atoms with E-state index in [0.717, 1.165) is 21.0 Å². The van der Waals surface area contributed by atoms with Crippen molar-refractivity contribution in [3.63, 3.8) is 0 Å². The van der Waals surface area contributed by atoms with Crippen LogP contribution in [-0.4, -0.2) is 98.8 Å². The number of aliphatic carboxylic acids is 1. The molecule has 4 amide bonds. The van der Waals surface area contributed by atoms with Crippen LogP contribution < -0.4 is 26.6 Å². The van der Waals surface area contributed by atoms with Crippen LogP contribution in [0.25, 0.3) is 21.0 Å². The Bertz CT molecular complexity index is 1770. The van der Waals surface area contributed by atoms with Gasteiger partial charge in [-0.15, -0.1) is 23.1 Å². The second kappa shape index (κ2) is 17.1. The molecule has 1 aliphatic rings. The molecule has 2 aromatic carbocycles. The first-order valence-electron chi connectivity index (χ1n) is 16.1. The van der Waals surface area contributed by atoms with Gasteiger partial charge in [0.2, 0.25) is 17.7 Å². The van der Waals surface area contributed by atoms with Crippen molar-refractivity contribution in [3.05, 3.63) is 35.3 Å². The number of alkyl carbamates (subject to hydrolysis) is 1. The molecular formula is C33H43N7O8S2. The molecular weight excluding hydrogens is 687 g/mol. The minimum absolute atomic E-state index is 0.159. The molecule has 4 rings (SSSR count). The summed E-state index contributed by atoms with van der Waals surface area (Å²) in [7, 11) is 0. The summed E-state index contributed by atoms with van der Waals surface area (Å²) in [6.45, 7) is 8.29. The van der Waals surface area contributed by atoms with Gasteiger partial charge in [-0.2, -0.15) is 0 Å². The molecule has 0 radical (unpaired) electrons. The number of aliphatic hydroxyl groups excluding tert-OH is 1. The second-order valence-electron chi connectivity index (χ2n) is 12.8. The van der Waals surface area contributed by atoms with Crippen molar-refractivity contribution in [1.82, 2.24) is 26.3 Å². The molecule has 270 valence electrons. The predicted molar refractivity (Wildman–Crippen MR) is 193 cm³/mol. The number of aliphatic hydroxyl groups is 1. The number of rotatable bonds is 15. The number of anilines is 1. The summed E-state index contributed by atoms with van der Waals surface area (Å²) >= 11 is 2.80. The minimum Gasteiger partial charge on any atom is -0.480 e. The first-order valence-corrected chi connectivity index (χ1v) is 17.9. The van der Waals surface area contributed by atoms with Crippen LogP contribution in [0.15, 0.2) is 35.3 Å². The van der Waals surface area contributed by atoms with Crippen LogP contribution in [0.3, 0.4) is 0 Å². The Kier molecular flexibility index (Phi) is 13.1. The van der Waals surface area contributed by atoms with E-state index in [1.807, 2.05) is 24.3 Å². The summed E-state index contributed by atoms with van der Waals surface area (Å²) in [6.07, 6.45) is -0.570. The van der Waals surface area contributed by atoms with Crippen LogP contribution in [0.2, 0.25) is 0 Å². The summed E-state index contributed by atoms with van der Waals surface area (Å²) in [5, 5.41) is 36.1. The van der Waals surface area contributed by atoms with Crippen molar-refractivity contribution in [2.24, 2.45) is 4.99 Å². The first kappa shape index (κ1) is 38.5. The Balaban J connectivity index is 1.42. The van der Waals surface area contributed by atoms with Crippen molar-refractivity contribution in [2.75, 3.05) is 24.2 Å². The third-order valence-corrected chi connectivity index (χ3v) is 9.65. The largest absolute Gasteiger partial charge is 0.480 e. The molecule has 17 heteroatoms. The van der Waals surface area contributed by atoms with Crippen molar-refractivity contribution in [3.8, 4) is 0 Å². The number of amides is 4. The van der Waals surface area contributed by atoms with E-state index < -0.39 is 53.8 Å². The molecule has 0 fully saturated rings. The lowest BCUT2D eigenvalue weighted by Gasteiger charge is -2.24. The Morgan fingerprint density at radius 3 is 2.50 bits per heavy atom. The number of thioether (sulfide) groups is 1. The zero-order valence-corrected chi connectivity index (χ0v) is 30.1. The summed E-state index contributed by atoms with van der Waals surface area (Å²) in [6, 6.07) is 6.57. The summed E-state index contributed by atoms with van der Waals surface area (Å²) in [5.41, 5.74) is 0.560. The van der Waals surface area contributed by atoms with Gasteiger partial charge in [-0.25, -0.2) is 14.6 Å². The molecule has 0 bridgehead atoms. The standard InChI is InChI=1S/C33H43N7O8S2/c1-17(36-25(42)15-35-32(47)48-33(3,4)5)27(43)38-23(8-6-7-13-34-18(2)41)28(44)37-20-10-11-21-19(14-20)9-12-22-26(21)50-30(39-22)29-40-24(16-49-29)31(45)46/h9-12,14,17,23-25,36,42H,6-8,13,15-16H2,1-5H3,(H,34,41)(H,35,47)(H,37,44)(H,38,43)(H,45,46). The maximum atomic E-state index is 13.5. The zero-order valence-electron chi connectivity index (χ0n) is 28.5. The average Bonchev–Trinajstić information content (AvgIpc) is 3.70. The topological polar surface area (TPSA) is 220 Å². The number of hydrogen-bond acceptors (Lipinski definition) is 12. The van der Waals surface area contributed by atoms with Gasteiger partial charge >= 0.3 is 12.1 Å². The number of fused-ring (bicyclic) bond motifs is 3. The number of hydrogen-bond donors (Lipinski definition) is 7. The molecule has 15 nitrogen and oxygen atoms in total. The third kappa shape index (κ3) is 11.1. The quantitative estimate of drug-likeness (QED) is 0.0891. The van der Waals surface area contributed by atoms with E-state index in [2.05, 4.69) is 36.6 Å². The van der Waals surface area contributed by atoms with Crippen LogP contribution in [0.5, 0.6) is 0 Å². The van der Waals surface area contributed by atoms with Gasteiger partial charge in [0.05, 0.1) is 22.8 Å². The second-order valence-corrected chi connectivity index (χ2v) is 14.8. The molecule has 50 heavy (non-hydrogen) atoms. The van der Waals surface area contributed by atoms with Crippen LogP contribution >= 0.6 is 23.1 Å². The van der Waals surface area contributed by atoms with Crippen LogP contribution in [0, 0.1) is 0 Å². The molecule has 0 saturated heterocycles. The molecule has 2 heterocycles. The van der Waals surface area contributed by atoms with E-state index in [-0.39, 0.29) is 18.9 Å². The third-order valence-electron chi connectivity index (χ3n) is 7.36. The lowest BCUT2D eigenvalue weighted by atomic mass is 10.1. The fourth-order valence-corrected chi connectivity index (χ4v) is 7.15. The lowest BCUT2D eigenvalue weighted by molar-refractivity contribution is -0.137. The molecule has 0 spiro atoms. The number of thiazole rings is 1. The number of carbonyl (C=O) groups is 5. The first-order chi connectivity index (χ1) is 23.6. The number of benzene rings is 2. The monoisotopic (exact) mass is 729 g/mol. The van der Waals surface area contributed by atoms with E-state index >= 15 is 0 Å². The number of carboxylic acid groups (broad SMARTS) is 1. The SMILES string of the molecule is CC(=O)NCCCCC(NC(=O)C(C)NC(O)CNC(=O)OC(C)(C)C)C(=O)Nc1ccc2c(ccc3nc(C4=NC(C(=O)O)CS4)sc32)c1. The summed E-state index contributed by atoms with van der Waals surface area (Å²) in [5.74, 6) is -1.73. The molecule has 7 N–H and O–H groups in total. The number of carboxylic acids is 1. The smallest absolute Gasteiger partial charge is 0.407 e. The molecule has 0 aliphatic carbocycles. The van der Waals surface area contributed by atoms with E-state index in [4.69, 9.17) is 4.74 Å². The lowest BCUT2D eigenvalue weighted by Crippen LogP contribution is -2.54. The highest BCUT2D eigenvalue weighted by Crippen LogP contribution is 2.35. The van der Waals surface area contributed by atoms with Crippen molar-refractivity contribution >= 4 is 84.6 Å². The van der Waals surface area contributed by atoms with Crippen molar-refractivity contribution < 1.29 is 38.9 Å². The van der Waals surface area contributed by atoms with Crippen molar-refractivity contribution in [2.45, 2.75) is 83.8 Å². The van der Waals surface area contributed by atoms with Gasteiger partial charge in [0.1, 0.15) is 27.9 Å². The zero-order chi connectivity index (χ0) is 36.6. The molecule has 3 aromatic rings. The molecule has 1 aromatic heterocycles. The highest BCUT2D eigenvalue weighted by molar-refractivity contribution is 8.15. The summed E-state index contributed by atoms with van der Waals surface area (Å²) < 4.78 is 6.06. The van der Waals surface area contributed by atoms with Crippen LogP contribution in [-0.2, 0) is 23.9 Å². The van der Waals surface area contributed by atoms with Crippen LogP contribution in [0.4, 0.5) is 10.5 Å². The molecule has 4 unspecified atom stereocenters. The summed E-state index contributed by atoms with van der Waals surface area (Å²) in [4.78, 5) is 70.1. The van der Waals surface area contributed by atoms with E-state index in [1.165, 1.54) is 36.9 Å². The van der Waals surface area contributed by atoms with Gasteiger partial charge in [-0.1, -0.05) is 12.1 Å². The highest BCUT2D eigenvalue weighted by atomic mass is 32.2. The van der Waals surface area contributed by atoms with Gasteiger partial charge in [-0.3, -0.25) is 24.7 Å². The fourth-order valence-electron chi connectivity index (χ4n) is 4.95. The number of nitrogens with one attached hydrogen (secondary N) is 5. The number of unbranched alkanes of at least 4 members (excludes halogenated alkanes) is 1.